The van der Waals surface area contributed by atoms with Crippen LogP contribution in [0.15, 0.2) is 45.7 Å². The maximum absolute atomic E-state index is 5.32. The predicted octanol–water partition coefficient (Wildman–Crippen LogP) is 4.02. The molecular formula is C16H17N3OS. The van der Waals surface area contributed by atoms with Crippen molar-refractivity contribution < 1.29 is 4.52 Å². The molecule has 2 aromatic heterocycles. The van der Waals surface area contributed by atoms with Gasteiger partial charge in [-0.1, -0.05) is 36.3 Å². The van der Waals surface area contributed by atoms with E-state index in [2.05, 4.69) is 46.7 Å². The Balaban J connectivity index is 1.82. The van der Waals surface area contributed by atoms with Crippen molar-refractivity contribution in [2.75, 3.05) is 19.0 Å². The van der Waals surface area contributed by atoms with Crippen molar-refractivity contribution in [2.45, 2.75) is 12.8 Å². The minimum atomic E-state index is 0.201. The van der Waals surface area contributed by atoms with Crippen LogP contribution in [0, 0.1) is 0 Å². The maximum Gasteiger partial charge on any atom is 0.226 e. The van der Waals surface area contributed by atoms with Gasteiger partial charge in [0.2, 0.25) is 5.88 Å². The predicted molar refractivity (Wildman–Crippen MR) is 85.9 cm³/mol. The van der Waals surface area contributed by atoms with Crippen LogP contribution in [0.5, 0.6) is 0 Å². The number of nitrogens with zero attached hydrogens (tertiary/aromatic N) is 3. The molecule has 1 atom stereocenters. The first-order valence-corrected chi connectivity index (χ1v) is 7.72. The quantitative estimate of drug-likeness (QED) is 0.730. The Labute approximate surface area is 128 Å². The van der Waals surface area contributed by atoms with E-state index in [1.807, 2.05) is 30.6 Å². The van der Waals surface area contributed by atoms with Crippen LogP contribution in [0.4, 0.5) is 5.88 Å². The summed E-state index contributed by atoms with van der Waals surface area (Å²) in [6, 6.07) is 10.5. The van der Waals surface area contributed by atoms with Gasteiger partial charge in [0, 0.05) is 37.0 Å². The minimum absolute atomic E-state index is 0.201. The van der Waals surface area contributed by atoms with Gasteiger partial charge in [-0.2, -0.15) is 0 Å². The summed E-state index contributed by atoms with van der Waals surface area (Å²) in [4.78, 5) is 6.24. The fraction of sp³-hybridized carbons (Fsp3) is 0.250. The molecule has 3 aromatic rings. The van der Waals surface area contributed by atoms with Gasteiger partial charge in [-0.25, -0.2) is 4.98 Å². The van der Waals surface area contributed by atoms with Crippen LogP contribution in [0.2, 0.25) is 0 Å². The molecule has 3 rings (SSSR count). The SMILES string of the molecule is CC(c1ccc(-c2cscn2)cc1)c1cc(N(C)C)on1. The van der Waals surface area contributed by atoms with E-state index in [4.69, 9.17) is 4.52 Å². The summed E-state index contributed by atoms with van der Waals surface area (Å²) in [5.41, 5.74) is 6.17. The summed E-state index contributed by atoms with van der Waals surface area (Å²) in [6.45, 7) is 2.13. The molecule has 0 amide bonds. The van der Waals surface area contributed by atoms with E-state index < -0.39 is 0 Å². The number of aromatic nitrogens is 2. The van der Waals surface area contributed by atoms with Crippen LogP contribution in [0.25, 0.3) is 11.3 Å². The molecule has 0 fully saturated rings. The van der Waals surface area contributed by atoms with Crippen molar-refractivity contribution in [3.8, 4) is 11.3 Å². The third-order valence-electron chi connectivity index (χ3n) is 3.54. The molecule has 0 saturated heterocycles. The molecule has 0 saturated carbocycles. The summed E-state index contributed by atoms with van der Waals surface area (Å²) in [7, 11) is 3.88. The van der Waals surface area contributed by atoms with Gasteiger partial charge in [0.15, 0.2) is 0 Å². The normalized spacial score (nSPS) is 12.3. The van der Waals surface area contributed by atoms with Gasteiger partial charge in [-0.15, -0.1) is 11.3 Å². The van der Waals surface area contributed by atoms with Crippen molar-refractivity contribution in [3.63, 3.8) is 0 Å². The monoisotopic (exact) mass is 299 g/mol. The number of hydrogen-bond donors (Lipinski definition) is 0. The molecule has 1 unspecified atom stereocenters. The summed E-state index contributed by atoms with van der Waals surface area (Å²) in [5, 5.41) is 6.21. The molecule has 108 valence electrons. The average molecular weight is 299 g/mol. The number of rotatable bonds is 4. The van der Waals surface area contributed by atoms with Gasteiger partial charge in [0.1, 0.15) is 0 Å². The molecular weight excluding hydrogens is 282 g/mol. The lowest BCUT2D eigenvalue weighted by atomic mass is 9.96. The largest absolute Gasteiger partial charge is 0.347 e. The molecule has 0 aliphatic carbocycles. The second-order valence-electron chi connectivity index (χ2n) is 5.20. The van der Waals surface area contributed by atoms with E-state index >= 15 is 0 Å². The number of benzene rings is 1. The van der Waals surface area contributed by atoms with Gasteiger partial charge < -0.3 is 9.42 Å². The van der Waals surface area contributed by atoms with Crippen molar-refractivity contribution in [1.29, 1.82) is 0 Å². The molecule has 4 nitrogen and oxygen atoms in total. The smallest absolute Gasteiger partial charge is 0.226 e. The lowest BCUT2D eigenvalue weighted by molar-refractivity contribution is 0.414. The molecule has 0 bridgehead atoms. The third-order valence-corrected chi connectivity index (χ3v) is 4.13. The van der Waals surface area contributed by atoms with Crippen LogP contribution >= 0.6 is 11.3 Å². The van der Waals surface area contributed by atoms with Crippen molar-refractivity contribution in [2.24, 2.45) is 0 Å². The highest BCUT2D eigenvalue weighted by molar-refractivity contribution is 7.07. The highest BCUT2D eigenvalue weighted by atomic mass is 32.1. The molecule has 2 heterocycles. The van der Waals surface area contributed by atoms with E-state index in [1.165, 1.54) is 5.56 Å². The van der Waals surface area contributed by atoms with Crippen molar-refractivity contribution >= 4 is 17.2 Å². The Bertz CT molecular complexity index is 701. The average Bonchev–Trinajstić information content (AvgIpc) is 3.18. The molecule has 0 radical (unpaired) electrons. The maximum atomic E-state index is 5.32. The fourth-order valence-electron chi connectivity index (χ4n) is 2.16. The van der Waals surface area contributed by atoms with Crippen LogP contribution in [-0.4, -0.2) is 24.2 Å². The number of anilines is 1. The minimum Gasteiger partial charge on any atom is -0.347 e. The Morgan fingerprint density at radius 3 is 2.52 bits per heavy atom. The molecule has 0 spiro atoms. The molecule has 0 aliphatic rings. The standard InChI is InChI=1S/C16H17N3OS/c1-11(14-8-16(19(2)3)20-18-14)12-4-6-13(7-5-12)15-9-21-10-17-15/h4-11H,1-3H3. The lowest BCUT2D eigenvalue weighted by Crippen LogP contribution is -2.07. The van der Waals surface area contributed by atoms with Gasteiger partial charge in [0.05, 0.1) is 16.9 Å². The molecule has 1 aromatic carbocycles. The molecule has 21 heavy (non-hydrogen) atoms. The Kier molecular flexibility index (Phi) is 3.75. The second-order valence-corrected chi connectivity index (χ2v) is 5.92. The lowest BCUT2D eigenvalue weighted by Gasteiger charge is -2.09. The van der Waals surface area contributed by atoms with E-state index in [0.717, 1.165) is 22.8 Å². The van der Waals surface area contributed by atoms with Gasteiger partial charge >= 0.3 is 0 Å². The summed E-state index contributed by atoms with van der Waals surface area (Å²) < 4.78 is 5.32. The molecule has 0 aliphatic heterocycles. The first-order chi connectivity index (χ1) is 10.1. The van der Waals surface area contributed by atoms with Gasteiger partial charge in [-0.05, 0) is 5.56 Å². The zero-order valence-electron chi connectivity index (χ0n) is 12.3. The fourth-order valence-corrected chi connectivity index (χ4v) is 2.72. The van der Waals surface area contributed by atoms with Crippen LogP contribution in [0.3, 0.4) is 0 Å². The first-order valence-electron chi connectivity index (χ1n) is 6.77. The highest BCUT2D eigenvalue weighted by Crippen LogP contribution is 2.28. The highest BCUT2D eigenvalue weighted by Gasteiger charge is 2.15. The van der Waals surface area contributed by atoms with Crippen LogP contribution in [0.1, 0.15) is 24.1 Å². The Morgan fingerprint density at radius 1 is 1.19 bits per heavy atom. The van der Waals surface area contributed by atoms with Crippen molar-refractivity contribution in [1.82, 2.24) is 10.1 Å². The first kappa shape index (κ1) is 13.8. The Morgan fingerprint density at radius 2 is 1.95 bits per heavy atom. The number of hydrogen-bond acceptors (Lipinski definition) is 5. The summed E-state index contributed by atoms with van der Waals surface area (Å²) in [5.74, 6) is 0.975. The second kappa shape index (κ2) is 5.69. The number of thiazole rings is 1. The van der Waals surface area contributed by atoms with E-state index in [0.29, 0.717) is 0 Å². The van der Waals surface area contributed by atoms with E-state index in [-0.39, 0.29) is 5.92 Å². The van der Waals surface area contributed by atoms with Gasteiger partial charge in [0.25, 0.3) is 0 Å². The third kappa shape index (κ3) is 2.83. The van der Waals surface area contributed by atoms with Gasteiger partial charge in [-0.3, -0.25) is 0 Å². The van der Waals surface area contributed by atoms with E-state index in [1.54, 1.807) is 11.3 Å². The van der Waals surface area contributed by atoms with Crippen LogP contribution in [-0.2, 0) is 0 Å². The van der Waals surface area contributed by atoms with Crippen molar-refractivity contribution in [3.05, 3.63) is 52.5 Å². The molecule has 5 heteroatoms. The summed E-state index contributed by atoms with van der Waals surface area (Å²) >= 11 is 1.61. The summed E-state index contributed by atoms with van der Waals surface area (Å²) in [6.07, 6.45) is 0. The Hall–Kier alpha value is -2.14. The van der Waals surface area contributed by atoms with E-state index in [9.17, 15) is 0 Å². The van der Waals surface area contributed by atoms with Crippen LogP contribution < -0.4 is 4.90 Å². The zero-order chi connectivity index (χ0) is 14.8. The molecule has 0 N–H and O–H groups in total. The zero-order valence-corrected chi connectivity index (χ0v) is 13.1. The topological polar surface area (TPSA) is 42.2 Å².